The van der Waals surface area contributed by atoms with Gasteiger partial charge in [-0.25, -0.2) is 5.01 Å². The lowest BCUT2D eigenvalue weighted by molar-refractivity contribution is -0.0212. The number of benzene rings is 2. The van der Waals surface area contributed by atoms with Crippen LogP contribution in [0.2, 0.25) is 0 Å². The second-order valence-electron chi connectivity index (χ2n) is 7.57. The molecule has 0 bridgehead atoms. The van der Waals surface area contributed by atoms with Gasteiger partial charge < -0.3 is 18.9 Å². The van der Waals surface area contributed by atoms with Crippen molar-refractivity contribution in [3.05, 3.63) is 77.6 Å². The first-order chi connectivity index (χ1) is 15.3. The van der Waals surface area contributed by atoms with E-state index in [4.69, 9.17) is 24.0 Å². The van der Waals surface area contributed by atoms with Crippen LogP contribution in [0.1, 0.15) is 42.3 Å². The molecule has 4 heterocycles. The Morgan fingerprint density at radius 3 is 2.81 bits per heavy atom. The molecule has 2 aromatic carbocycles. The molecule has 7 nitrogen and oxygen atoms in total. The number of hydrogen-bond donors (Lipinski definition) is 0. The van der Waals surface area contributed by atoms with Crippen LogP contribution in [0.3, 0.4) is 0 Å². The summed E-state index contributed by atoms with van der Waals surface area (Å²) in [7, 11) is 0. The predicted octanol–water partition coefficient (Wildman–Crippen LogP) is 4.45. The summed E-state index contributed by atoms with van der Waals surface area (Å²) in [4.78, 5) is 4.15. The Labute approximate surface area is 179 Å². The van der Waals surface area contributed by atoms with Crippen molar-refractivity contribution in [1.82, 2.24) is 9.99 Å². The maximum Gasteiger partial charge on any atom is 0.231 e. The quantitative estimate of drug-likeness (QED) is 0.627. The summed E-state index contributed by atoms with van der Waals surface area (Å²) >= 11 is 0. The summed E-state index contributed by atoms with van der Waals surface area (Å²) in [5, 5.41) is 7.05. The van der Waals surface area contributed by atoms with Crippen LogP contribution < -0.4 is 18.9 Å². The Morgan fingerprint density at radius 1 is 1.06 bits per heavy atom. The topological polar surface area (TPSA) is 65.4 Å². The van der Waals surface area contributed by atoms with Gasteiger partial charge in [-0.1, -0.05) is 12.1 Å². The van der Waals surface area contributed by atoms with Gasteiger partial charge in [0.1, 0.15) is 0 Å². The van der Waals surface area contributed by atoms with Crippen LogP contribution in [-0.2, 0) is 0 Å². The molecule has 1 aromatic heterocycles. The minimum Gasteiger partial charge on any atom is -0.490 e. The highest BCUT2D eigenvalue weighted by Gasteiger charge is 2.42. The molecule has 0 unspecified atom stereocenters. The number of hydrogen-bond acceptors (Lipinski definition) is 7. The summed E-state index contributed by atoms with van der Waals surface area (Å²) < 4.78 is 23.4. The van der Waals surface area contributed by atoms with Crippen molar-refractivity contribution in [3.63, 3.8) is 0 Å². The summed E-state index contributed by atoms with van der Waals surface area (Å²) in [6.07, 6.45) is 3.94. The highest BCUT2D eigenvalue weighted by molar-refractivity contribution is 6.02. The fourth-order valence-electron chi connectivity index (χ4n) is 4.35. The molecule has 0 spiro atoms. The lowest BCUT2D eigenvalue weighted by atomic mass is 9.95. The fraction of sp³-hybridized carbons (Fsp3) is 0.250. The van der Waals surface area contributed by atoms with Crippen molar-refractivity contribution >= 4 is 5.71 Å². The number of ether oxygens (including phenoxy) is 4. The molecular formula is C24H21N3O4. The molecule has 7 heteroatoms. The largest absolute Gasteiger partial charge is 0.490 e. The minimum absolute atomic E-state index is 0.0442. The van der Waals surface area contributed by atoms with Gasteiger partial charge in [-0.05, 0) is 43.3 Å². The summed E-state index contributed by atoms with van der Waals surface area (Å²) in [5.74, 6) is 3.07. The molecule has 3 aromatic rings. The van der Waals surface area contributed by atoms with Crippen molar-refractivity contribution in [2.24, 2.45) is 5.10 Å². The Kier molecular flexibility index (Phi) is 4.19. The van der Waals surface area contributed by atoms with Gasteiger partial charge in [0.25, 0.3) is 0 Å². The van der Waals surface area contributed by atoms with Gasteiger partial charge in [0, 0.05) is 35.5 Å². The maximum atomic E-state index is 6.50. The lowest BCUT2D eigenvalue weighted by Gasteiger charge is -2.38. The van der Waals surface area contributed by atoms with Crippen LogP contribution >= 0.6 is 0 Å². The third-order valence-electron chi connectivity index (χ3n) is 5.78. The molecule has 3 aliphatic heterocycles. The zero-order valence-electron chi connectivity index (χ0n) is 17.0. The van der Waals surface area contributed by atoms with Crippen LogP contribution in [-0.4, -0.2) is 29.1 Å². The average Bonchev–Trinajstić information content (AvgIpc) is 3.46. The number of rotatable bonds is 4. The first kappa shape index (κ1) is 18.1. The smallest absolute Gasteiger partial charge is 0.231 e. The molecule has 0 fully saturated rings. The number of nitrogens with zero attached hydrogens (tertiary/aromatic N) is 3. The summed E-state index contributed by atoms with van der Waals surface area (Å²) in [6.45, 7) is 2.81. The molecule has 31 heavy (non-hydrogen) atoms. The molecule has 2 atom stereocenters. The van der Waals surface area contributed by atoms with Gasteiger partial charge in [-0.3, -0.25) is 4.98 Å². The van der Waals surface area contributed by atoms with Crippen molar-refractivity contribution in [3.8, 4) is 23.0 Å². The Bertz CT molecular complexity index is 1160. The SMILES string of the molecule is CCOc1cccc2c1O[C@@H](c1ccncc1)N1N=C(c3ccc4c(c3)OCO4)C[C@@H]21. The van der Waals surface area contributed by atoms with Crippen LogP contribution in [0.5, 0.6) is 23.0 Å². The molecule has 0 saturated carbocycles. The van der Waals surface area contributed by atoms with E-state index in [0.717, 1.165) is 51.8 Å². The zero-order chi connectivity index (χ0) is 20.8. The van der Waals surface area contributed by atoms with Gasteiger partial charge in [-0.2, -0.15) is 5.10 Å². The molecule has 6 rings (SSSR count). The number of pyridine rings is 1. The second kappa shape index (κ2) is 7.19. The minimum atomic E-state index is -0.367. The van der Waals surface area contributed by atoms with Gasteiger partial charge in [0.2, 0.25) is 13.0 Å². The number of fused-ring (bicyclic) bond motifs is 4. The number of aromatic nitrogens is 1. The van der Waals surface area contributed by atoms with E-state index >= 15 is 0 Å². The lowest BCUT2D eigenvalue weighted by Crippen LogP contribution is -2.33. The van der Waals surface area contributed by atoms with Crippen molar-refractivity contribution in [2.75, 3.05) is 13.4 Å². The molecule has 0 amide bonds. The second-order valence-corrected chi connectivity index (χ2v) is 7.57. The maximum absolute atomic E-state index is 6.50. The molecule has 3 aliphatic rings. The van der Waals surface area contributed by atoms with Gasteiger partial charge in [0.15, 0.2) is 23.0 Å². The molecular weight excluding hydrogens is 394 g/mol. The molecule has 156 valence electrons. The van der Waals surface area contributed by atoms with E-state index in [-0.39, 0.29) is 19.1 Å². The van der Waals surface area contributed by atoms with Gasteiger partial charge in [0.05, 0.1) is 18.4 Å². The number of hydrazone groups is 1. The third-order valence-corrected chi connectivity index (χ3v) is 5.78. The molecule has 0 radical (unpaired) electrons. The van der Waals surface area contributed by atoms with Crippen molar-refractivity contribution in [1.29, 1.82) is 0 Å². The Hall–Kier alpha value is -3.74. The van der Waals surface area contributed by atoms with Gasteiger partial charge >= 0.3 is 0 Å². The van der Waals surface area contributed by atoms with Crippen molar-refractivity contribution in [2.45, 2.75) is 25.6 Å². The molecule has 0 saturated heterocycles. The fourth-order valence-corrected chi connectivity index (χ4v) is 4.35. The monoisotopic (exact) mass is 415 g/mol. The van der Waals surface area contributed by atoms with Crippen LogP contribution in [0.4, 0.5) is 0 Å². The van der Waals surface area contributed by atoms with Crippen molar-refractivity contribution < 1.29 is 18.9 Å². The third kappa shape index (κ3) is 2.96. The van der Waals surface area contributed by atoms with E-state index in [1.54, 1.807) is 12.4 Å². The highest BCUT2D eigenvalue weighted by Crippen LogP contribution is 2.51. The van der Waals surface area contributed by atoms with Crippen LogP contribution in [0.15, 0.2) is 66.0 Å². The van der Waals surface area contributed by atoms with E-state index in [0.29, 0.717) is 6.61 Å². The highest BCUT2D eigenvalue weighted by atomic mass is 16.7. The Balaban J connectivity index is 1.44. The first-order valence-electron chi connectivity index (χ1n) is 10.4. The summed E-state index contributed by atoms with van der Waals surface area (Å²) in [5.41, 5.74) is 4.08. The number of para-hydroxylation sites is 1. The Morgan fingerprint density at radius 2 is 1.94 bits per heavy atom. The summed E-state index contributed by atoms with van der Waals surface area (Å²) in [6, 6.07) is 16.0. The first-order valence-corrected chi connectivity index (χ1v) is 10.4. The average molecular weight is 415 g/mol. The van der Waals surface area contributed by atoms with Gasteiger partial charge in [-0.15, -0.1) is 0 Å². The van der Waals surface area contributed by atoms with E-state index in [2.05, 4.69) is 11.1 Å². The van der Waals surface area contributed by atoms with E-state index in [1.807, 2.05) is 54.4 Å². The predicted molar refractivity (Wildman–Crippen MR) is 114 cm³/mol. The molecule has 0 aliphatic carbocycles. The van der Waals surface area contributed by atoms with E-state index < -0.39 is 0 Å². The normalized spacial score (nSPS) is 20.5. The van der Waals surface area contributed by atoms with E-state index in [9.17, 15) is 0 Å². The van der Waals surface area contributed by atoms with E-state index in [1.165, 1.54) is 0 Å². The standard InChI is InChI=1S/C24H21N3O4/c1-2-28-21-5-3-4-17-19-13-18(16-6-7-20-22(12-16)30-14-29-20)26-27(19)24(31-23(17)21)15-8-10-25-11-9-15/h3-12,19,24H,2,13-14H2,1H3/t19-,24-/m0/s1. The van der Waals surface area contributed by atoms with Crippen LogP contribution in [0.25, 0.3) is 0 Å². The zero-order valence-corrected chi connectivity index (χ0v) is 17.0. The van der Waals surface area contributed by atoms with Crippen LogP contribution in [0, 0.1) is 0 Å². The molecule has 0 N–H and O–H groups in total.